The highest BCUT2D eigenvalue weighted by atomic mass is 16.5. The third kappa shape index (κ3) is 4.14. The van der Waals surface area contributed by atoms with Gasteiger partial charge in [0.15, 0.2) is 0 Å². The lowest BCUT2D eigenvalue weighted by Gasteiger charge is -2.14. The average Bonchev–Trinajstić information content (AvgIpc) is 3.11. The Morgan fingerprint density at radius 3 is 2.65 bits per heavy atom. The van der Waals surface area contributed by atoms with Crippen LogP contribution in [0.15, 0.2) is 30.3 Å². The lowest BCUT2D eigenvalue weighted by atomic mass is 10.0. The molecule has 0 atom stereocenters. The molecular formula is C15H23NO. The van der Waals surface area contributed by atoms with Crippen molar-refractivity contribution < 1.29 is 4.74 Å². The van der Waals surface area contributed by atoms with Gasteiger partial charge in [0.25, 0.3) is 0 Å². The van der Waals surface area contributed by atoms with Gasteiger partial charge in [-0.15, -0.1) is 0 Å². The normalized spacial score (nSPS) is 17.0. The molecule has 1 aliphatic carbocycles. The number of ether oxygens (including phenoxy) is 1. The van der Waals surface area contributed by atoms with Crippen LogP contribution < -0.4 is 5.32 Å². The molecule has 0 spiro atoms. The first kappa shape index (κ1) is 12.6. The molecule has 1 N–H and O–H groups in total. The first-order chi connectivity index (χ1) is 8.35. The number of benzene rings is 1. The standard InChI is InChI=1S/C15H23NO/c1-16-13-15(9-10-15)8-5-11-17-12-14-6-3-2-4-7-14/h2-4,6-7,16H,5,8-13H2,1H3. The molecule has 0 saturated heterocycles. The van der Waals surface area contributed by atoms with Crippen molar-refractivity contribution in [3.63, 3.8) is 0 Å². The fourth-order valence-electron chi connectivity index (χ4n) is 2.38. The predicted molar refractivity (Wildman–Crippen MR) is 70.9 cm³/mol. The Balaban J connectivity index is 1.55. The van der Waals surface area contributed by atoms with Crippen molar-refractivity contribution >= 4 is 0 Å². The molecule has 0 amide bonds. The summed E-state index contributed by atoms with van der Waals surface area (Å²) in [5.74, 6) is 0. The van der Waals surface area contributed by atoms with Gasteiger partial charge in [0.1, 0.15) is 0 Å². The van der Waals surface area contributed by atoms with Crippen LogP contribution in [-0.4, -0.2) is 20.2 Å². The molecule has 2 rings (SSSR count). The van der Waals surface area contributed by atoms with Crippen LogP contribution in [0.4, 0.5) is 0 Å². The second-order valence-corrected chi connectivity index (χ2v) is 5.17. The predicted octanol–water partition coefficient (Wildman–Crippen LogP) is 2.98. The first-order valence-electron chi connectivity index (χ1n) is 6.61. The highest BCUT2D eigenvalue weighted by Crippen LogP contribution is 2.48. The number of hydrogen-bond donors (Lipinski definition) is 1. The van der Waals surface area contributed by atoms with Gasteiger partial charge in [0, 0.05) is 13.2 Å². The minimum absolute atomic E-state index is 0.616. The fraction of sp³-hybridized carbons (Fsp3) is 0.600. The van der Waals surface area contributed by atoms with E-state index in [-0.39, 0.29) is 0 Å². The zero-order chi connectivity index (χ0) is 12.0. The molecule has 17 heavy (non-hydrogen) atoms. The zero-order valence-electron chi connectivity index (χ0n) is 10.7. The Bertz CT molecular complexity index is 319. The van der Waals surface area contributed by atoms with E-state index < -0.39 is 0 Å². The molecule has 0 aromatic heterocycles. The van der Waals surface area contributed by atoms with Crippen LogP contribution in [0.5, 0.6) is 0 Å². The molecule has 0 aliphatic heterocycles. The molecule has 0 radical (unpaired) electrons. The van der Waals surface area contributed by atoms with E-state index in [1.54, 1.807) is 0 Å². The molecule has 0 heterocycles. The summed E-state index contributed by atoms with van der Waals surface area (Å²) >= 11 is 0. The minimum Gasteiger partial charge on any atom is -0.377 e. The highest BCUT2D eigenvalue weighted by Gasteiger charge is 2.40. The summed E-state index contributed by atoms with van der Waals surface area (Å²) in [6.07, 6.45) is 5.29. The van der Waals surface area contributed by atoms with Crippen molar-refractivity contribution in [3.8, 4) is 0 Å². The van der Waals surface area contributed by atoms with Crippen LogP contribution in [0.3, 0.4) is 0 Å². The molecular weight excluding hydrogens is 210 g/mol. The number of hydrogen-bond acceptors (Lipinski definition) is 2. The van der Waals surface area contributed by atoms with Crippen molar-refractivity contribution in [2.45, 2.75) is 32.3 Å². The molecule has 0 unspecified atom stereocenters. The lowest BCUT2D eigenvalue weighted by molar-refractivity contribution is 0.112. The van der Waals surface area contributed by atoms with Crippen molar-refractivity contribution in [3.05, 3.63) is 35.9 Å². The molecule has 2 nitrogen and oxygen atoms in total. The minimum atomic E-state index is 0.616. The molecule has 1 aromatic carbocycles. The average molecular weight is 233 g/mol. The van der Waals surface area contributed by atoms with E-state index in [9.17, 15) is 0 Å². The fourth-order valence-corrected chi connectivity index (χ4v) is 2.38. The Morgan fingerprint density at radius 2 is 2.00 bits per heavy atom. The van der Waals surface area contributed by atoms with Gasteiger partial charge in [-0.1, -0.05) is 30.3 Å². The number of rotatable bonds is 8. The molecule has 2 heteroatoms. The van der Waals surface area contributed by atoms with Crippen LogP contribution in [0.1, 0.15) is 31.2 Å². The van der Waals surface area contributed by atoms with E-state index in [1.165, 1.54) is 37.8 Å². The van der Waals surface area contributed by atoms with E-state index in [4.69, 9.17) is 4.74 Å². The van der Waals surface area contributed by atoms with Crippen molar-refractivity contribution in [1.82, 2.24) is 5.32 Å². The summed E-state index contributed by atoms with van der Waals surface area (Å²) in [5.41, 5.74) is 1.88. The van der Waals surface area contributed by atoms with Crippen molar-refractivity contribution in [1.29, 1.82) is 0 Å². The van der Waals surface area contributed by atoms with E-state index in [2.05, 4.69) is 29.6 Å². The molecule has 0 bridgehead atoms. The summed E-state index contributed by atoms with van der Waals surface area (Å²) < 4.78 is 5.70. The second kappa shape index (κ2) is 6.18. The van der Waals surface area contributed by atoms with E-state index >= 15 is 0 Å². The van der Waals surface area contributed by atoms with Gasteiger partial charge in [0.05, 0.1) is 6.61 Å². The van der Waals surface area contributed by atoms with Gasteiger partial charge in [-0.3, -0.25) is 0 Å². The Hall–Kier alpha value is -0.860. The molecule has 1 fully saturated rings. The number of nitrogens with one attached hydrogen (secondary N) is 1. The van der Waals surface area contributed by atoms with E-state index in [0.717, 1.165) is 13.2 Å². The van der Waals surface area contributed by atoms with Crippen LogP contribution in [0, 0.1) is 5.41 Å². The summed E-state index contributed by atoms with van der Waals surface area (Å²) in [5, 5.41) is 3.30. The van der Waals surface area contributed by atoms with Gasteiger partial charge >= 0.3 is 0 Å². The molecule has 1 aromatic rings. The van der Waals surface area contributed by atoms with Gasteiger partial charge in [-0.05, 0) is 43.7 Å². The second-order valence-electron chi connectivity index (χ2n) is 5.17. The monoisotopic (exact) mass is 233 g/mol. The van der Waals surface area contributed by atoms with Crippen molar-refractivity contribution in [2.24, 2.45) is 5.41 Å². The Morgan fingerprint density at radius 1 is 1.24 bits per heavy atom. The smallest absolute Gasteiger partial charge is 0.0716 e. The quantitative estimate of drug-likeness (QED) is 0.697. The molecule has 1 aliphatic rings. The molecule has 1 saturated carbocycles. The summed E-state index contributed by atoms with van der Waals surface area (Å²) in [6, 6.07) is 10.4. The van der Waals surface area contributed by atoms with Gasteiger partial charge in [-0.2, -0.15) is 0 Å². The van der Waals surface area contributed by atoms with Crippen LogP contribution >= 0.6 is 0 Å². The van der Waals surface area contributed by atoms with Crippen LogP contribution in [0.2, 0.25) is 0 Å². The van der Waals surface area contributed by atoms with E-state index in [1.807, 2.05) is 13.1 Å². The lowest BCUT2D eigenvalue weighted by Crippen LogP contribution is -2.20. The zero-order valence-corrected chi connectivity index (χ0v) is 10.7. The third-order valence-corrected chi connectivity index (χ3v) is 3.62. The Kier molecular flexibility index (Phi) is 4.57. The summed E-state index contributed by atoms with van der Waals surface area (Å²) in [7, 11) is 2.05. The summed E-state index contributed by atoms with van der Waals surface area (Å²) in [6.45, 7) is 2.81. The highest BCUT2D eigenvalue weighted by molar-refractivity contribution is 5.13. The molecule has 94 valence electrons. The maximum atomic E-state index is 5.70. The van der Waals surface area contributed by atoms with Gasteiger partial charge < -0.3 is 10.1 Å². The van der Waals surface area contributed by atoms with Gasteiger partial charge in [-0.25, -0.2) is 0 Å². The van der Waals surface area contributed by atoms with E-state index in [0.29, 0.717) is 5.41 Å². The SMILES string of the molecule is CNCC1(CCCOCc2ccccc2)CC1. The topological polar surface area (TPSA) is 21.3 Å². The van der Waals surface area contributed by atoms with Crippen LogP contribution in [0.25, 0.3) is 0 Å². The summed E-state index contributed by atoms with van der Waals surface area (Å²) in [4.78, 5) is 0. The first-order valence-corrected chi connectivity index (χ1v) is 6.61. The maximum Gasteiger partial charge on any atom is 0.0716 e. The Labute approximate surface area is 104 Å². The van der Waals surface area contributed by atoms with Gasteiger partial charge in [0.2, 0.25) is 0 Å². The maximum absolute atomic E-state index is 5.70. The largest absolute Gasteiger partial charge is 0.377 e. The third-order valence-electron chi connectivity index (χ3n) is 3.62. The van der Waals surface area contributed by atoms with Crippen LogP contribution in [-0.2, 0) is 11.3 Å². The van der Waals surface area contributed by atoms with Crippen molar-refractivity contribution in [2.75, 3.05) is 20.2 Å².